The van der Waals surface area contributed by atoms with E-state index in [1.54, 1.807) is 44.3 Å². The van der Waals surface area contributed by atoms with Gasteiger partial charge in [-0.1, -0.05) is 6.07 Å². The Kier molecular flexibility index (Phi) is 9.67. The summed E-state index contributed by atoms with van der Waals surface area (Å²) in [7, 11) is 3.16. The molecule has 1 fully saturated rings. The highest BCUT2D eigenvalue weighted by Crippen LogP contribution is 2.27. The molecule has 7 nitrogen and oxygen atoms in total. The lowest BCUT2D eigenvalue weighted by Crippen LogP contribution is -2.49. The van der Waals surface area contributed by atoms with Crippen molar-refractivity contribution in [2.24, 2.45) is 0 Å². The third-order valence-corrected chi connectivity index (χ3v) is 4.17. The smallest absolute Gasteiger partial charge is 0.320 e. The summed E-state index contributed by atoms with van der Waals surface area (Å²) in [6.45, 7) is 4.96. The van der Waals surface area contributed by atoms with Gasteiger partial charge in [-0.15, -0.1) is 12.4 Å². The number of esters is 1. The van der Waals surface area contributed by atoms with E-state index in [1.165, 1.54) is 0 Å². The van der Waals surface area contributed by atoms with Gasteiger partial charge in [-0.3, -0.25) is 14.5 Å². The van der Waals surface area contributed by atoms with Crippen molar-refractivity contribution in [2.45, 2.75) is 6.92 Å². The molecule has 0 atom stereocenters. The highest BCUT2D eigenvalue weighted by molar-refractivity contribution is 5.92. The second-order valence-corrected chi connectivity index (χ2v) is 5.85. The van der Waals surface area contributed by atoms with E-state index in [9.17, 15) is 9.59 Å². The fourth-order valence-corrected chi connectivity index (χ4v) is 2.74. The van der Waals surface area contributed by atoms with E-state index in [4.69, 9.17) is 14.2 Å². The van der Waals surface area contributed by atoms with Crippen LogP contribution in [-0.4, -0.2) is 75.2 Å². The second kappa shape index (κ2) is 11.5. The number of amides is 1. The fourth-order valence-electron chi connectivity index (χ4n) is 2.74. The molecular formula is C19H27ClN2O5. The number of carbonyl (C=O) groups is 2. The van der Waals surface area contributed by atoms with Gasteiger partial charge in [0.25, 0.3) is 0 Å². The molecule has 1 aliphatic heterocycles. The van der Waals surface area contributed by atoms with Crippen molar-refractivity contribution in [1.82, 2.24) is 9.80 Å². The Morgan fingerprint density at radius 3 is 2.33 bits per heavy atom. The summed E-state index contributed by atoms with van der Waals surface area (Å²) in [6.07, 6.45) is 3.32. The molecule has 0 spiro atoms. The van der Waals surface area contributed by atoms with Crippen LogP contribution in [0.2, 0.25) is 0 Å². The molecule has 150 valence electrons. The average Bonchev–Trinajstić information content (AvgIpc) is 2.66. The Hall–Kier alpha value is -2.25. The molecule has 1 amide bonds. The average molecular weight is 399 g/mol. The van der Waals surface area contributed by atoms with Gasteiger partial charge < -0.3 is 19.1 Å². The van der Waals surface area contributed by atoms with Gasteiger partial charge in [0.15, 0.2) is 11.5 Å². The van der Waals surface area contributed by atoms with Gasteiger partial charge in [0.1, 0.15) is 0 Å². The van der Waals surface area contributed by atoms with Crippen LogP contribution < -0.4 is 9.47 Å². The van der Waals surface area contributed by atoms with E-state index in [0.717, 1.165) is 5.56 Å². The lowest BCUT2D eigenvalue weighted by Gasteiger charge is -2.33. The molecule has 2 rings (SSSR count). The summed E-state index contributed by atoms with van der Waals surface area (Å²) in [5, 5.41) is 0. The SMILES string of the molecule is CCOC(=O)CN1CCN(C(=O)/C=C/c2ccc(OC)c(OC)c2)CC1.Cl. The largest absolute Gasteiger partial charge is 0.493 e. The quantitative estimate of drug-likeness (QED) is 0.515. The van der Waals surface area contributed by atoms with Gasteiger partial charge in [-0.2, -0.15) is 0 Å². The van der Waals surface area contributed by atoms with E-state index in [0.29, 0.717) is 44.3 Å². The summed E-state index contributed by atoms with van der Waals surface area (Å²) in [4.78, 5) is 27.6. The molecule has 0 aromatic heterocycles. The summed E-state index contributed by atoms with van der Waals surface area (Å²) in [6, 6.07) is 5.49. The number of methoxy groups -OCH3 is 2. The number of hydrogen-bond acceptors (Lipinski definition) is 6. The number of ether oxygens (including phenoxy) is 3. The van der Waals surface area contributed by atoms with E-state index in [-0.39, 0.29) is 30.8 Å². The van der Waals surface area contributed by atoms with Crippen molar-refractivity contribution in [2.75, 3.05) is 53.6 Å². The summed E-state index contributed by atoms with van der Waals surface area (Å²) >= 11 is 0. The van der Waals surface area contributed by atoms with Crippen LogP contribution in [0.3, 0.4) is 0 Å². The van der Waals surface area contributed by atoms with Crippen molar-refractivity contribution < 1.29 is 23.8 Å². The van der Waals surface area contributed by atoms with Crippen molar-refractivity contribution >= 4 is 30.4 Å². The number of carbonyl (C=O) groups excluding carboxylic acids is 2. The monoisotopic (exact) mass is 398 g/mol. The predicted molar refractivity (Wildman–Crippen MR) is 105 cm³/mol. The third-order valence-electron chi connectivity index (χ3n) is 4.17. The molecule has 27 heavy (non-hydrogen) atoms. The molecule has 0 radical (unpaired) electrons. The summed E-state index contributed by atoms with van der Waals surface area (Å²) in [5.74, 6) is 1.000. The summed E-state index contributed by atoms with van der Waals surface area (Å²) < 4.78 is 15.4. The van der Waals surface area contributed by atoms with Crippen LogP contribution in [0.1, 0.15) is 12.5 Å². The van der Waals surface area contributed by atoms with Crippen LogP contribution >= 0.6 is 12.4 Å². The molecule has 0 bridgehead atoms. The minimum atomic E-state index is -0.222. The van der Waals surface area contributed by atoms with E-state index < -0.39 is 0 Å². The molecular weight excluding hydrogens is 372 g/mol. The van der Waals surface area contributed by atoms with Crippen LogP contribution in [0.4, 0.5) is 0 Å². The molecule has 1 heterocycles. The zero-order valence-electron chi connectivity index (χ0n) is 16.0. The van der Waals surface area contributed by atoms with E-state index >= 15 is 0 Å². The molecule has 0 saturated carbocycles. The number of nitrogens with zero attached hydrogens (tertiary/aromatic N) is 2. The summed E-state index contributed by atoms with van der Waals surface area (Å²) in [5.41, 5.74) is 0.858. The van der Waals surface area contributed by atoms with Crippen LogP contribution in [0, 0.1) is 0 Å². The van der Waals surface area contributed by atoms with Gasteiger partial charge in [0.05, 0.1) is 27.4 Å². The standard InChI is InChI=1S/C19H26N2O5.ClH/c1-4-26-19(23)14-20-9-11-21(12-10-20)18(22)8-6-15-5-7-16(24-2)17(13-15)25-3;/h5-8,13H,4,9-12,14H2,1-3H3;1H/b8-6+;. The normalized spacial score (nSPS) is 14.6. The maximum Gasteiger partial charge on any atom is 0.320 e. The zero-order chi connectivity index (χ0) is 18.9. The van der Waals surface area contributed by atoms with Gasteiger partial charge >= 0.3 is 5.97 Å². The topological polar surface area (TPSA) is 68.3 Å². The minimum absolute atomic E-state index is 0. The van der Waals surface area contributed by atoms with Crippen molar-refractivity contribution in [3.05, 3.63) is 29.8 Å². The fraction of sp³-hybridized carbons (Fsp3) is 0.474. The number of rotatable bonds is 7. The van der Waals surface area contributed by atoms with E-state index in [1.807, 2.05) is 17.0 Å². The lowest BCUT2D eigenvalue weighted by molar-refractivity contribution is -0.145. The van der Waals surface area contributed by atoms with E-state index in [2.05, 4.69) is 0 Å². The van der Waals surface area contributed by atoms with Gasteiger partial charge in [0, 0.05) is 32.3 Å². The molecule has 8 heteroatoms. The predicted octanol–water partition coefficient (Wildman–Crippen LogP) is 1.85. The van der Waals surface area contributed by atoms with Crippen molar-refractivity contribution in [1.29, 1.82) is 0 Å². The van der Waals surface area contributed by atoms with Crippen LogP contribution in [0.15, 0.2) is 24.3 Å². The second-order valence-electron chi connectivity index (χ2n) is 5.85. The Morgan fingerprint density at radius 1 is 1.07 bits per heavy atom. The molecule has 0 N–H and O–H groups in total. The zero-order valence-corrected chi connectivity index (χ0v) is 16.8. The molecule has 1 aromatic rings. The number of halogens is 1. The Labute approximate surface area is 166 Å². The molecule has 1 saturated heterocycles. The molecule has 0 unspecified atom stereocenters. The Morgan fingerprint density at radius 2 is 1.74 bits per heavy atom. The van der Waals surface area contributed by atoms with Gasteiger partial charge in [-0.25, -0.2) is 0 Å². The van der Waals surface area contributed by atoms with Crippen molar-refractivity contribution in [3.8, 4) is 11.5 Å². The van der Waals surface area contributed by atoms with Gasteiger partial charge in [0.2, 0.25) is 5.91 Å². The van der Waals surface area contributed by atoms with Crippen LogP contribution in [0.25, 0.3) is 6.08 Å². The molecule has 1 aromatic carbocycles. The molecule has 0 aliphatic carbocycles. The first kappa shape index (κ1) is 22.8. The van der Waals surface area contributed by atoms with Gasteiger partial charge in [-0.05, 0) is 30.7 Å². The minimum Gasteiger partial charge on any atom is -0.493 e. The number of benzene rings is 1. The lowest BCUT2D eigenvalue weighted by atomic mass is 10.2. The number of piperazine rings is 1. The van der Waals surface area contributed by atoms with Crippen molar-refractivity contribution in [3.63, 3.8) is 0 Å². The first-order valence-corrected chi connectivity index (χ1v) is 8.64. The Balaban J connectivity index is 0.00000364. The maximum absolute atomic E-state index is 12.4. The first-order valence-electron chi connectivity index (χ1n) is 8.64. The maximum atomic E-state index is 12.4. The highest BCUT2D eigenvalue weighted by Gasteiger charge is 2.21. The third kappa shape index (κ3) is 6.77. The van der Waals surface area contributed by atoms with Crippen LogP contribution in [-0.2, 0) is 14.3 Å². The van der Waals surface area contributed by atoms with Crippen LogP contribution in [0.5, 0.6) is 11.5 Å². The first-order chi connectivity index (χ1) is 12.6. The molecule has 1 aliphatic rings. The Bertz CT molecular complexity index is 658. The number of hydrogen-bond donors (Lipinski definition) is 0. The highest BCUT2D eigenvalue weighted by atomic mass is 35.5.